The van der Waals surface area contributed by atoms with Gasteiger partial charge in [0.2, 0.25) is 0 Å². The Morgan fingerprint density at radius 3 is 2.33 bits per heavy atom. The molecule has 1 rings (SSSR count). The fraction of sp³-hybridized carbons (Fsp3) is 0.933. The molecule has 0 saturated carbocycles. The molecule has 0 aromatic heterocycles. The highest BCUT2D eigenvalue weighted by molar-refractivity contribution is 7.99. The first-order chi connectivity index (χ1) is 8.79. The molecule has 0 bridgehead atoms. The number of ether oxygens (including phenoxy) is 1. The minimum atomic E-state index is -0.00505. The summed E-state index contributed by atoms with van der Waals surface area (Å²) >= 11 is 2.01. The van der Waals surface area contributed by atoms with Gasteiger partial charge in [-0.3, -0.25) is 4.79 Å². The Balaban J connectivity index is 2.21. The SMILES string of the molecule is CC1CCC(=O)OCCCCCCCCCCS1. The van der Waals surface area contributed by atoms with Crippen molar-refractivity contribution in [2.24, 2.45) is 0 Å². The minimum Gasteiger partial charge on any atom is -0.466 e. The first-order valence-electron chi connectivity index (χ1n) is 7.56. The molecule has 18 heavy (non-hydrogen) atoms. The Labute approximate surface area is 116 Å². The zero-order chi connectivity index (χ0) is 13.1. The summed E-state index contributed by atoms with van der Waals surface area (Å²) in [6.07, 6.45) is 11.9. The largest absolute Gasteiger partial charge is 0.466 e. The molecule has 1 fully saturated rings. The zero-order valence-corrected chi connectivity index (χ0v) is 12.6. The molecule has 1 saturated heterocycles. The second-order valence-electron chi connectivity index (χ2n) is 5.27. The van der Waals surface area contributed by atoms with E-state index < -0.39 is 0 Å². The number of hydrogen-bond donors (Lipinski definition) is 0. The van der Waals surface area contributed by atoms with Crippen LogP contribution in [0.25, 0.3) is 0 Å². The molecule has 0 radical (unpaired) electrons. The van der Waals surface area contributed by atoms with Crippen LogP contribution in [0.2, 0.25) is 0 Å². The summed E-state index contributed by atoms with van der Waals surface area (Å²) in [4.78, 5) is 11.5. The maximum Gasteiger partial charge on any atom is 0.305 e. The van der Waals surface area contributed by atoms with E-state index in [1.165, 1.54) is 50.7 Å². The van der Waals surface area contributed by atoms with Crippen molar-refractivity contribution in [2.45, 2.75) is 76.4 Å². The van der Waals surface area contributed by atoms with Crippen LogP contribution in [-0.4, -0.2) is 23.6 Å². The lowest BCUT2D eigenvalue weighted by molar-refractivity contribution is -0.143. The standard InChI is InChI=1S/C15H28O2S/c1-14-10-11-15(16)17-12-8-6-4-2-3-5-7-9-13-18-14/h14H,2-13H2,1H3. The normalized spacial score (nSPS) is 26.5. The molecule has 0 aliphatic carbocycles. The van der Waals surface area contributed by atoms with Crippen LogP contribution in [-0.2, 0) is 9.53 Å². The summed E-state index contributed by atoms with van der Waals surface area (Å²) in [6.45, 7) is 2.85. The van der Waals surface area contributed by atoms with Crippen LogP contribution in [0.4, 0.5) is 0 Å². The van der Waals surface area contributed by atoms with E-state index in [1.54, 1.807) is 0 Å². The molecule has 0 aromatic rings. The van der Waals surface area contributed by atoms with Gasteiger partial charge in [-0.25, -0.2) is 0 Å². The smallest absolute Gasteiger partial charge is 0.305 e. The average molecular weight is 272 g/mol. The minimum absolute atomic E-state index is 0.00505. The van der Waals surface area contributed by atoms with Crippen molar-refractivity contribution in [2.75, 3.05) is 12.4 Å². The second kappa shape index (κ2) is 10.7. The predicted molar refractivity (Wildman–Crippen MR) is 79.0 cm³/mol. The van der Waals surface area contributed by atoms with Gasteiger partial charge in [0.15, 0.2) is 0 Å². The number of rotatable bonds is 0. The Kier molecular flexibility index (Phi) is 9.45. The first-order valence-corrected chi connectivity index (χ1v) is 8.61. The predicted octanol–water partition coefficient (Wildman–Crippen LogP) is 4.57. The van der Waals surface area contributed by atoms with Gasteiger partial charge in [0.05, 0.1) is 6.61 Å². The summed E-state index contributed by atoms with van der Waals surface area (Å²) in [5.41, 5.74) is 0. The van der Waals surface area contributed by atoms with Crippen molar-refractivity contribution in [3.8, 4) is 0 Å². The van der Waals surface area contributed by atoms with Gasteiger partial charge in [0.25, 0.3) is 0 Å². The lowest BCUT2D eigenvalue weighted by atomic mass is 10.1. The Bertz CT molecular complexity index is 219. The number of carbonyl (C=O) groups excluding carboxylic acids is 1. The zero-order valence-electron chi connectivity index (χ0n) is 11.8. The lowest BCUT2D eigenvalue weighted by Gasteiger charge is -2.11. The highest BCUT2D eigenvalue weighted by Crippen LogP contribution is 2.19. The molecule has 0 N–H and O–H groups in total. The Hall–Kier alpha value is -0.180. The Morgan fingerprint density at radius 2 is 1.61 bits per heavy atom. The maximum absolute atomic E-state index is 11.5. The topological polar surface area (TPSA) is 26.3 Å². The summed E-state index contributed by atoms with van der Waals surface area (Å²) in [7, 11) is 0. The molecule has 1 heterocycles. The third-order valence-corrected chi connectivity index (χ3v) is 4.79. The molecule has 1 unspecified atom stereocenters. The van der Waals surface area contributed by atoms with Crippen molar-refractivity contribution in [1.82, 2.24) is 0 Å². The average Bonchev–Trinajstić information content (AvgIpc) is 2.36. The van der Waals surface area contributed by atoms with Crippen molar-refractivity contribution >= 4 is 17.7 Å². The van der Waals surface area contributed by atoms with E-state index >= 15 is 0 Å². The molecule has 0 amide bonds. The van der Waals surface area contributed by atoms with Crippen LogP contribution < -0.4 is 0 Å². The van der Waals surface area contributed by atoms with Gasteiger partial charge in [-0.15, -0.1) is 0 Å². The molecule has 2 nitrogen and oxygen atoms in total. The van der Waals surface area contributed by atoms with Crippen molar-refractivity contribution < 1.29 is 9.53 Å². The van der Waals surface area contributed by atoms with Crippen molar-refractivity contribution in [3.63, 3.8) is 0 Å². The third-order valence-electron chi connectivity index (χ3n) is 3.46. The summed E-state index contributed by atoms with van der Waals surface area (Å²) in [5, 5.41) is 0.588. The number of carbonyl (C=O) groups is 1. The van der Waals surface area contributed by atoms with Gasteiger partial charge in [0, 0.05) is 11.7 Å². The molecular weight excluding hydrogens is 244 g/mol. The first kappa shape index (κ1) is 15.9. The van der Waals surface area contributed by atoms with E-state index in [4.69, 9.17) is 4.74 Å². The molecule has 0 aromatic carbocycles. The monoisotopic (exact) mass is 272 g/mol. The van der Waals surface area contributed by atoms with Crippen LogP contribution in [0.5, 0.6) is 0 Å². The van der Waals surface area contributed by atoms with Crippen LogP contribution >= 0.6 is 11.8 Å². The van der Waals surface area contributed by atoms with E-state index in [0.29, 0.717) is 18.3 Å². The summed E-state index contributed by atoms with van der Waals surface area (Å²) in [5.74, 6) is 1.24. The molecule has 106 valence electrons. The molecule has 1 aliphatic rings. The molecule has 1 aliphatic heterocycles. The van der Waals surface area contributed by atoms with E-state index in [1.807, 2.05) is 11.8 Å². The molecule has 1 atom stereocenters. The van der Waals surface area contributed by atoms with Crippen LogP contribution in [0.15, 0.2) is 0 Å². The highest BCUT2D eigenvalue weighted by Gasteiger charge is 2.08. The molecule has 3 heteroatoms. The van der Waals surface area contributed by atoms with Gasteiger partial charge in [-0.05, 0) is 25.0 Å². The van der Waals surface area contributed by atoms with Crippen LogP contribution in [0, 0.1) is 0 Å². The number of esters is 1. The molecular formula is C15H28O2S. The quantitative estimate of drug-likeness (QED) is 0.604. The van der Waals surface area contributed by atoms with Gasteiger partial charge < -0.3 is 4.74 Å². The second-order valence-corrected chi connectivity index (χ2v) is 6.82. The van der Waals surface area contributed by atoms with Gasteiger partial charge in [-0.2, -0.15) is 11.8 Å². The van der Waals surface area contributed by atoms with E-state index in [0.717, 1.165) is 12.8 Å². The third kappa shape index (κ3) is 8.84. The fourth-order valence-corrected chi connectivity index (χ4v) is 3.27. The van der Waals surface area contributed by atoms with Crippen molar-refractivity contribution in [3.05, 3.63) is 0 Å². The molecule has 0 spiro atoms. The fourth-order valence-electron chi connectivity index (χ4n) is 2.21. The number of cyclic esters (lactones) is 1. The lowest BCUT2D eigenvalue weighted by Crippen LogP contribution is -2.09. The van der Waals surface area contributed by atoms with E-state index in [-0.39, 0.29) is 5.97 Å². The number of thioether (sulfide) groups is 1. The number of hydrogen-bond acceptors (Lipinski definition) is 3. The van der Waals surface area contributed by atoms with Gasteiger partial charge >= 0.3 is 5.97 Å². The van der Waals surface area contributed by atoms with Crippen molar-refractivity contribution in [1.29, 1.82) is 0 Å². The van der Waals surface area contributed by atoms with E-state index in [2.05, 4.69) is 6.92 Å². The Morgan fingerprint density at radius 1 is 1.00 bits per heavy atom. The highest BCUT2D eigenvalue weighted by atomic mass is 32.2. The summed E-state index contributed by atoms with van der Waals surface area (Å²) < 4.78 is 5.24. The van der Waals surface area contributed by atoms with E-state index in [9.17, 15) is 4.79 Å². The van der Waals surface area contributed by atoms with Gasteiger partial charge in [0.1, 0.15) is 0 Å². The summed E-state index contributed by atoms with van der Waals surface area (Å²) in [6, 6.07) is 0. The van der Waals surface area contributed by atoms with Crippen LogP contribution in [0.3, 0.4) is 0 Å². The maximum atomic E-state index is 11.5. The van der Waals surface area contributed by atoms with Gasteiger partial charge in [-0.1, -0.05) is 45.4 Å². The van der Waals surface area contributed by atoms with Crippen LogP contribution in [0.1, 0.15) is 71.1 Å².